The van der Waals surface area contributed by atoms with Crippen molar-refractivity contribution in [2.24, 2.45) is 9.98 Å². The molecule has 2 rings (SSSR count). The van der Waals surface area contributed by atoms with Crippen molar-refractivity contribution in [2.45, 2.75) is 220 Å². The molecule has 0 unspecified atom stereocenters. The van der Waals surface area contributed by atoms with Crippen LogP contribution in [-0.2, 0) is 29.3 Å². The molecule has 0 bridgehead atoms. The van der Waals surface area contributed by atoms with Gasteiger partial charge >= 0.3 is 0 Å². The molecule has 0 aliphatic heterocycles. The summed E-state index contributed by atoms with van der Waals surface area (Å²) in [5.41, 5.74) is 7.34. The third kappa shape index (κ3) is 25.0. The fourth-order valence-electron chi connectivity index (χ4n) is 7.17. The van der Waals surface area contributed by atoms with E-state index < -0.39 is 0 Å². The maximum atomic E-state index is 5.26. The van der Waals surface area contributed by atoms with Crippen LogP contribution in [0, 0.1) is 0 Å². The number of benzene rings is 2. The van der Waals surface area contributed by atoms with E-state index in [-0.39, 0.29) is 16.5 Å². The molecular formula is C48H80N2Ni. The molecule has 0 N–H and O–H groups in total. The van der Waals surface area contributed by atoms with E-state index in [4.69, 9.17) is 9.98 Å². The van der Waals surface area contributed by atoms with E-state index in [0.29, 0.717) is 0 Å². The summed E-state index contributed by atoms with van der Waals surface area (Å²) < 4.78 is 0. The first kappa shape index (κ1) is 47.3. The van der Waals surface area contributed by atoms with E-state index in [1.807, 2.05) is 0 Å². The summed E-state index contributed by atoms with van der Waals surface area (Å²) in [7, 11) is 0. The van der Waals surface area contributed by atoms with Gasteiger partial charge in [-0.15, -0.1) is 0 Å². The maximum Gasteiger partial charge on any atom is 0.0636 e. The standard InChI is InChI=1S/C48H80N2.Ni/c1-5-9-12-14-16-18-20-22-24-26-28-30-34-43-36-32-38-45(41-43)49-47(8-4)48(40-11-7-3)50-46-39-33-37-44(42-46)35-31-29-27-25-23-21-19-17-15-13-10-6-2;/h32-33,36-39,41-42H,5-31,34-35,40H2,1-4H3;. The van der Waals surface area contributed by atoms with Crippen LogP contribution in [0.4, 0.5) is 11.4 Å². The molecule has 2 aromatic carbocycles. The largest absolute Gasteiger partial charge is 0.252 e. The molecule has 0 saturated heterocycles. The molecule has 292 valence electrons. The molecule has 0 radical (unpaired) electrons. The van der Waals surface area contributed by atoms with Crippen LogP contribution < -0.4 is 0 Å². The maximum absolute atomic E-state index is 5.26. The van der Waals surface area contributed by atoms with E-state index in [1.54, 1.807) is 0 Å². The third-order valence-corrected chi connectivity index (χ3v) is 10.4. The fourth-order valence-corrected chi connectivity index (χ4v) is 7.17. The van der Waals surface area contributed by atoms with Gasteiger partial charge in [0, 0.05) is 16.5 Å². The first-order valence-corrected chi connectivity index (χ1v) is 22.0. The van der Waals surface area contributed by atoms with Gasteiger partial charge in [0.05, 0.1) is 22.8 Å². The van der Waals surface area contributed by atoms with Gasteiger partial charge in [-0.1, -0.05) is 200 Å². The molecule has 2 aromatic rings. The Morgan fingerprint density at radius 3 is 1.08 bits per heavy atom. The van der Waals surface area contributed by atoms with E-state index in [2.05, 4.69) is 76.2 Å². The van der Waals surface area contributed by atoms with E-state index >= 15 is 0 Å². The van der Waals surface area contributed by atoms with Crippen molar-refractivity contribution < 1.29 is 16.5 Å². The quantitative estimate of drug-likeness (QED) is 0.0395. The van der Waals surface area contributed by atoms with Crippen molar-refractivity contribution in [1.82, 2.24) is 0 Å². The van der Waals surface area contributed by atoms with Gasteiger partial charge in [-0.25, -0.2) is 0 Å². The van der Waals surface area contributed by atoms with Gasteiger partial charge in [-0.05, 0) is 80.3 Å². The number of aliphatic imine (C=N–C) groups is 2. The summed E-state index contributed by atoms with van der Waals surface area (Å²) in [6.45, 7) is 9.11. The SMILES string of the molecule is CCCCCCCCCCCCCCc1cccc(N=C(CC)C(CCCC)=Nc2cccc(CCCCCCCCCCCCCC)c2)c1.[Ni]. The van der Waals surface area contributed by atoms with Gasteiger partial charge in [-0.2, -0.15) is 0 Å². The van der Waals surface area contributed by atoms with Crippen LogP contribution in [0.25, 0.3) is 0 Å². The van der Waals surface area contributed by atoms with Crippen LogP contribution in [-0.4, -0.2) is 11.4 Å². The van der Waals surface area contributed by atoms with E-state index in [0.717, 1.165) is 49.2 Å². The summed E-state index contributed by atoms with van der Waals surface area (Å²) in [5, 5.41) is 0. The Bertz CT molecular complexity index is 1140. The van der Waals surface area contributed by atoms with Gasteiger partial charge in [0.2, 0.25) is 0 Å². The molecule has 0 amide bonds. The van der Waals surface area contributed by atoms with Crippen molar-refractivity contribution in [1.29, 1.82) is 0 Å². The van der Waals surface area contributed by atoms with E-state index in [1.165, 1.54) is 177 Å². The predicted molar refractivity (Wildman–Crippen MR) is 226 cm³/mol. The van der Waals surface area contributed by atoms with Crippen molar-refractivity contribution in [3.8, 4) is 0 Å². The second-order valence-electron chi connectivity index (χ2n) is 15.2. The van der Waals surface area contributed by atoms with E-state index in [9.17, 15) is 0 Å². The molecule has 0 aromatic heterocycles. The van der Waals surface area contributed by atoms with Gasteiger partial charge in [0.15, 0.2) is 0 Å². The van der Waals surface area contributed by atoms with Crippen LogP contribution in [0.5, 0.6) is 0 Å². The van der Waals surface area contributed by atoms with Gasteiger partial charge in [0.25, 0.3) is 0 Å². The van der Waals surface area contributed by atoms with Crippen LogP contribution >= 0.6 is 0 Å². The Morgan fingerprint density at radius 1 is 0.392 bits per heavy atom. The second-order valence-corrected chi connectivity index (χ2v) is 15.2. The second kappa shape index (κ2) is 34.1. The molecule has 0 spiro atoms. The Labute approximate surface area is 327 Å². The zero-order valence-corrected chi connectivity index (χ0v) is 35.0. The first-order valence-electron chi connectivity index (χ1n) is 22.0. The minimum Gasteiger partial charge on any atom is -0.252 e. The summed E-state index contributed by atoms with van der Waals surface area (Å²) in [6, 6.07) is 18.0. The molecule has 3 heteroatoms. The summed E-state index contributed by atoms with van der Waals surface area (Å²) in [5.74, 6) is 0. The Kier molecular flexibility index (Phi) is 31.6. The molecule has 0 aliphatic rings. The number of hydrogen-bond donors (Lipinski definition) is 0. The minimum absolute atomic E-state index is 0. The zero-order valence-electron chi connectivity index (χ0n) is 34.0. The summed E-state index contributed by atoms with van der Waals surface area (Å²) in [6.07, 6.45) is 40.1. The molecule has 0 aliphatic carbocycles. The average molecular weight is 744 g/mol. The van der Waals surface area contributed by atoms with Crippen LogP contribution in [0.3, 0.4) is 0 Å². The molecular weight excluding hydrogens is 663 g/mol. The molecule has 0 atom stereocenters. The van der Waals surface area contributed by atoms with Crippen LogP contribution in [0.1, 0.15) is 219 Å². The van der Waals surface area contributed by atoms with Crippen molar-refractivity contribution >= 4 is 22.8 Å². The van der Waals surface area contributed by atoms with Crippen LogP contribution in [0.2, 0.25) is 0 Å². The third-order valence-electron chi connectivity index (χ3n) is 10.4. The topological polar surface area (TPSA) is 24.7 Å². The molecule has 0 heterocycles. The minimum atomic E-state index is 0. The number of unbranched alkanes of at least 4 members (excludes halogenated alkanes) is 23. The first-order chi connectivity index (χ1) is 24.7. The zero-order chi connectivity index (χ0) is 35.7. The molecule has 51 heavy (non-hydrogen) atoms. The molecule has 0 saturated carbocycles. The molecule has 2 nitrogen and oxygen atoms in total. The fraction of sp³-hybridized carbons (Fsp3) is 0.708. The predicted octanol–water partition coefficient (Wildman–Crippen LogP) is 16.6. The van der Waals surface area contributed by atoms with Gasteiger partial charge in [0.1, 0.15) is 0 Å². The monoisotopic (exact) mass is 743 g/mol. The number of aryl methyl sites for hydroxylation is 2. The normalized spacial score (nSPS) is 12.0. The smallest absolute Gasteiger partial charge is 0.0636 e. The average Bonchev–Trinajstić information content (AvgIpc) is 3.13. The van der Waals surface area contributed by atoms with Crippen molar-refractivity contribution in [3.05, 3.63) is 59.7 Å². The van der Waals surface area contributed by atoms with Gasteiger partial charge in [-0.3, -0.25) is 9.98 Å². The number of rotatable bonds is 33. The number of nitrogens with zero attached hydrogens (tertiary/aromatic N) is 2. The Balaban J connectivity index is 0.0000130. The number of hydrogen-bond acceptors (Lipinski definition) is 2. The van der Waals surface area contributed by atoms with Crippen molar-refractivity contribution in [3.63, 3.8) is 0 Å². The molecule has 0 fully saturated rings. The summed E-state index contributed by atoms with van der Waals surface area (Å²) >= 11 is 0. The van der Waals surface area contributed by atoms with Gasteiger partial charge < -0.3 is 0 Å². The van der Waals surface area contributed by atoms with Crippen molar-refractivity contribution in [2.75, 3.05) is 0 Å². The Hall–Kier alpha value is -1.73. The summed E-state index contributed by atoms with van der Waals surface area (Å²) in [4.78, 5) is 10.5. The van der Waals surface area contributed by atoms with Crippen LogP contribution in [0.15, 0.2) is 58.5 Å². The Morgan fingerprint density at radius 2 is 0.725 bits per heavy atom.